The minimum atomic E-state index is -0.901. The maximum atomic E-state index is 14.3. The molecule has 0 aromatic heterocycles. The molecule has 17 heteroatoms. The monoisotopic (exact) mass is 982 g/mol. The minimum Gasteiger partial charge on any atom is -0.374 e. The summed E-state index contributed by atoms with van der Waals surface area (Å²) in [4.78, 5) is 14.3. The van der Waals surface area contributed by atoms with E-state index in [1.54, 1.807) is 0 Å². The van der Waals surface area contributed by atoms with Crippen molar-refractivity contribution in [2.45, 2.75) is 196 Å². The fraction of sp³-hybridized carbons (Fsp3) is 0.837. The molecule has 7 rings (SSSR count). The zero-order valence-corrected chi connectivity index (χ0v) is 44.6. The highest BCUT2D eigenvalue weighted by atomic mass is 32.4. The maximum absolute atomic E-state index is 14.3. The van der Waals surface area contributed by atoms with Crippen molar-refractivity contribution in [2.24, 2.45) is 23.7 Å². The third-order valence-electron chi connectivity index (χ3n) is 14.6. The first-order valence-corrected chi connectivity index (χ1v) is 34.5. The lowest BCUT2D eigenvalue weighted by Crippen LogP contribution is -2.61. The molecule has 7 fully saturated rings. The molecule has 7 aliphatic rings. The summed E-state index contributed by atoms with van der Waals surface area (Å²) >= 11 is 0. The first-order valence-electron chi connectivity index (χ1n) is 22.5. The molecule has 24 atom stereocenters. The molecule has 0 N–H and O–H groups in total. The van der Waals surface area contributed by atoms with E-state index in [0.29, 0.717) is 31.1 Å². The van der Waals surface area contributed by atoms with Crippen LogP contribution in [0.15, 0.2) is 36.5 Å². The third-order valence-corrected chi connectivity index (χ3v) is 18.4. The van der Waals surface area contributed by atoms with Crippen molar-refractivity contribution in [1.29, 1.82) is 0 Å². The molecule has 0 spiro atoms. The molecule has 9 unspecified atom stereocenters. The Hall–Kier alpha value is 2.01. The molecule has 0 saturated carbocycles. The molecule has 7 saturated heterocycles. The largest absolute Gasteiger partial charge is 0.374 e. The van der Waals surface area contributed by atoms with Crippen molar-refractivity contribution in [3.8, 4) is 0 Å². The van der Waals surface area contributed by atoms with Crippen molar-refractivity contribution in [1.82, 2.24) is 0 Å². The molecule has 7 aliphatic heterocycles. The number of hydrogen-bond donors (Lipinski definition) is 0. The predicted octanol–water partition coefficient (Wildman–Crippen LogP) is 11.0. The van der Waals surface area contributed by atoms with Crippen LogP contribution in [0.3, 0.4) is 0 Å². The predicted molar refractivity (Wildman–Crippen MR) is 265 cm³/mol. The van der Waals surface area contributed by atoms with Gasteiger partial charge in [0.15, 0.2) is 0 Å². The van der Waals surface area contributed by atoms with Crippen LogP contribution in [0.5, 0.6) is 0 Å². The Morgan fingerprint density at radius 2 is 1.42 bits per heavy atom. The maximum Gasteiger partial charge on any atom is 0.135 e. The molecular formula is C43H74O9P8. The zero-order valence-electron chi connectivity index (χ0n) is 36.1. The Morgan fingerprint density at radius 3 is 2.17 bits per heavy atom. The molecule has 7 heterocycles. The molecule has 0 amide bonds. The molecule has 8 bridgehead atoms. The van der Waals surface area contributed by atoms with Gasteiger partial charge in [-0.1, -0.05) is 81.8 Å². The topological polar surface area (TPSA) is 90.9 Å². The number of Topliss-reactive ketones (excluding diaryl/α,β-unsaturated/α-hetero) is 1. The normalized spacial score (nSPS) is 43.9. The number of carbonyl (C=O) groups is 1. The third kappa shape index (κ3) is 12.6. The minimum absolute atomic E-state index is 0.0326. The van der Waals surface area contributed by atoms with Gasteiger partial charge in [-0.25, -0.2) is 0 Å². The Morgan fingerprint density at radius 1 is 0.733 bits per heavy atom. The van der Waals surface area contributed by atoms with Crippen molar-refractivity contribution < 1.29 is 42.3 Å². The lowest BCUT2D eigenvalue weighted by atomic mass is 9.78. The van der Waals surface area contributed by atoms with Gasteiger partial charge in [0.25, 0.3) is 0 Å². The fourth-order valence-electron chi connectivity index (χ4n) is 11.2. The van der Waals surface area contributed by atoms with Crippen LogP contribution >= 0.6 is 68.0 Å². The van der Waals surface area contributed by atoms with Gasteiger partial charge in [0, 0.05) is 19.3 Å². The van der Waals surface area contributed by atoms with Crippen LogP contribution in [0.4, 0.5) is 0 Å². The molecule has 0 aromatic carbocycles. The van der Waals surface area contributed by atoms with E-state index in [1.165, 1.54) is 18.2 Å². The fourth-order valence-corrected chi connectivity index (χ4v) is 15.1. The molecule has 340 valence electrons. The van der Waals surface area contributed by atoms with E-state index in [1.807, 2.05) is 0 Å². The molecule has 0 radical (unpaired) electrons. The summed E-state index contributed by atoms with van der Waals surface area (Å²) < 4.78 is 54.8. The van der Waals surface area contributed by atoms with E-state index >= 15 is 0 Å². The number of hydrogen-bond acceptors (Lipinski definition) is 9. The van der Waals surface area contributed by atoms with Crippen molar-refractivity contribution in [2.75, 3.05) is 6.16 Å². The summed E-state index contributed by atoms with van der Waals surface area (Å²) in [6, 6.07) is 0. The van der Waals surface area contributed by atoms with Crippen LogP contribution in [-0.4, -0.2) is 97.4 Å². The van der Waals surface area contributed by atoms with E-state index in [2.05, 4.69) is 85.2 Å². The highest BCUT2D eigenvalue weighted by Gasteiger charge is 2.59. The lowest BCUT2D eigenvalue weighted by Gasteiger charge is -2.48. The molecule has 60 heavy (non-hydrogen) atoms. The van der Waals surface area contributed by atoms with Gasteiger partial charge >= 0.3 is 0 Å². The van der Waals surface area contributed by atoms with Crippen molar-refractivity contribution >= 4 is 73.7 Å². The van der Waals surface area contributed by atoms with Crippen LogP contribution in [0.1, 0.15) is 111 Å². The first-order chi connectivity index (χ1) is 28.7. The van der Waals surface area contributed by atoms with E-state index in [4.69, 9.17) is 37.5 Å². The molecule has 9 nitrogen and oxygen atoms in total. The van der Waals surface area contributed by atoms with Gasteiger partial charge in [-0.05, 0) is 112 Å². The van der Waals surface area contributed by atoms with E-state index < -0.39 is 15.1 Å². The summed E-state index contributed by atoms with van der Waals surface area (Å²) in [7, 11) is 13.2. The average Bonchev–Trinajstić information content (AvgIpc) is 3.81. The highest BCUT2D eigenvalue weighted by molar-refractivity contribution is 8.41. The quantitative estimate of drug-likeness (QED) is 0.165. The van der Waals surface area contributed by atoms with Crippen LogP contribution in [0, 0.1) is 23.7 Å². The van der Waals surface area contributed by atoms with Gasteiger partial charge in [-0.15, -0.1) is 17.2 Å². The van der Waals surface area contributed by atoms with E-state index in [0.717, 1.165) is 83.6 Å². The number of rotatable bonds is 9. The van der Waals surface area contributed by atoms with Crippen LogP contribution in [0.2, 0.25) is 0 Å². The second kappa shape index (κ2) is 22.9. The molecule has 0 aromatic rings. The zero-order chi connectivity index (χ0) is 42.8. The Labute approximate surface area is 376 Å². The van der Waals surface area contributed by atoms with Gasteiger partial charge in [0.2, 0.25) is 0 Å². The Balaban J connectivity index is 1.14. The summed E-state index contributed by atoms with van der Waals surface area (Å²) in [5.74, 6) is 1.51. The van der Waals surface area contributed by atoms with Crippen LogP contribution in [0.25, 0.3) is 0 Å². The van der Waals surface area contributed by atoms with Gasteiger partial charge < -0.3 is 37.5 Å². The number of carbonyl (C=O) groups excluding carboxylic acids is 1. The Bertz CT molecular complexity index is 1510. The summed E-state index contributed by atoms with van der Waals surface area (Å²) in [5, 5.41) is 0. The van der Waals surface area contributed by atoms with E-state index in [-0.39, 0.29) is 103 Å². The first kappa shape index (κ1) is 49.9. The van der Waals surface area contributed by atoms with Crippen molar-refractivity contribution in [3.63, 3.8) is 0 Å². The number of ketones is 1. The molecular weight excluding hydrogens is 908 g/mol. The number of fused-ring (bicyclic) bond motifs is 7. The standard InChI is InChI=1S/C43H74O9P8/c1-22-7-8-29-18-25(4)33(45-29)11-9-30-17-24(3)26(5)36(46-30)21-37-32(27(6)35(48-37)15-23(2)13-14-58-53)20-28(44)19-31-10-12-34-39(47-31)43(52-60(56)57)42-41(49-34)40(51-59(54)55)38(16-22)50-42/h23-24,27,29-43,58H,1,4-5,7-21,53-57H2,2-3,6H3/t23-,24-,27-,29?,30?,31-,32?,33+,34+,35-,36-,37+,38-,39+,40+,41+,42-,43+/m1/s1. The van der Waals surface area contributed by atoms with Crippen LogP contribution < -0.4 is 0 Å². The van der Waals surface area contributed by atoms with Crippen molar-refractivity contribution in [3.05, 3.63) is 36.5 Å². The molecule has 0 aliphatic carbocycles. The number of ether oxygens (including phenoxy) is 6. The van der Waals surface area contributed by atoms with Gasteiger partial charge in [0.05, 0.1) is 70.0 Å². The highest BCUT2D eigenvalue weighted by Crippen LogP contribution is 2.60. The average molecular weight is 983 g/mol. The summed E-state index contributed by atoms with van der Waals surface area (Å²) in [6.07, 6.45) is 10.5. The van der Waals surface area contributed by atoms with E-state index in [9.17, 15) is 4.79 Å². The second-order valence-corrected chi connectivity index (χ2v) is 32.8. The summed E-state index contributed by atoms with van der Waals surface area (Å²) in [6.45, 7) is 20.5. The SMILES string of the molecule is C=C1CCC2CC(=C)[C@H](CCC3C[C@@H](C)C(=C)[C@@H](C[C@@H]4O[C@H](C[C@H](C)CCPP)[C@H](C)C4CC(=O)C[C@H]4CC[C@@H]5O[C@@H]6[C@@H](O[C@H](C1)[C@@H]6OP(P)P)[C@@H](OP(P)P)[C@H]5O4)O3)O2. The lowest BCUT2D eigenvalue weighted by molar-refractivity contribution is -0.251. The van der Waals surface area contributed by atoms with Gasteiger partial charge in [-0.3, -0.25) is 4.79 Å². The van der Waals surface area contributed by atoms with Gasteiger partial charge in [-0.2, -0.15) is 0 Å². The van der Waals surface area contributed by atoms with Gasteiger partial charge in [0.1, 0.15) is 36.3 Å². The van der Waals surface area contributed by atoms with Crippen LogP contribution in [-0.2, 0) is 42.3 Å². The smallest absolute Gasteiger partial charge is 0.135 e. The Kier molecular flexibility index (Phi) is 19.0. The summed E-state index contributed by atoms with van der Waals surface area (Å²) in [5.41, 5.74) is 3.45. The second-order valence-electron chi connectivity index (χ2n) is 19.1.